The van der Waals surface area contributed by atoms with Gasteiger partial charge in [0.1, 0.15) is 5.41 Å². The minimum absolute atomic E-state index is 0.0483. The topological polar surface area (TPSA) is 59.9 Å². The van der Waals surface area contributed by atoms with Crippen LogP contribution in [-0.4, -0.2) is 28.9 Å². The lowest BCUT2D eigenvalue weighted by atomic mass is 9.74. The van der Waals surface area contributed by atoms with Gasteiger partial charge >= 0.3 is 0 Å². The Hall–Kier alpha value is -2.54. The highest BCUT2D eigenvalue weighted by molar-refractivity contribution is 5.95. The standard InChI is InChI=1S/C23H27N3O/c1-2-17-7-6-8-19-20(15-25-21(17)19)18-9-13-26(14-10-18)22(27)23(16-24)11-4-3-5-12-23/h6-9,15,25H,2-5,10-14H2,1H3. The Labute approximate surface area is 160 Å². The summed E-state index contributed by atoms with van der Waals surface area (Å²) in [6, 6.07) is 8.84. The fourth-order valence-electron chi connectivity index (χ4n) is 4.71. The molecule has 2 heterocycles. The molecule has 0 spiro atoms. The number of hydrogen-bond donors (Lipinski definition) is 1. The van der Waals surface area contributed by atoms with Crippen LogP contribution in [0.4, 0.5) is 0 Å². The molecule has 0 saturated heterocycles. The van der Waals surface area contributed by atoms with E-state index in [0.29, 0.717) is 13.1 Å². The highest BCUT2D eigenvalue weighted by Gasteiger charge is 2.42. The van der Waals surface area contributed by atoms with Crippen molar-refractivity contribution < 1.29 is 4.79 Å². The predicted octanol–water partition coefficient (Wildman–Crippen LogP) is 4.82. The van der Waals surface area contributed by atoms with E-state index in [0.717, 1.165) is 44.9 Å². The van der Waals surface area contributed by atoms with E-state index in [1.54, 1.807) is 0 Å². The lowest BCUT2D eigenvalue weighted by Crippen LogP contribution is -2.46. The Balaban J connectivity index is 1.56. The number of nitriles is 1. The number of fused-ring (bicyclic) bond motifs is 1. The number of nitrogens with zero attached hydrogens (tertiary/aromatic N) is 2. The number of carbonyl (C=O) groups is 1. The maximum atomic E-state index is 13.1. The molecule has 2 aromatic rings. The maximum Gasteiger partial charge on any atom is 0.243 e. The van der Waals surface area contributed by atoms with Gasteiger partial charge in [-0.3, -0.25) is 4.79 Å². The van der Waals surface area contributed by atoms with Gasteiger partial charge in [-0.25, -0.2) is 0 Å². The zero-order chi connectivity index (χ0) is 18.9. The van der Waals surface area contributed by atoms with E-state index in [4.69, 9.17) is 0 Å². The number of para-hydroxylation sites is 1. The summed E-state index contributed by atoms with van der Waals surface area (Å²) < 4.78 is 0. The smallest absolute Gasteiger partial charge is 0.243 e. The normalized spacial score (nSPS) is 19.6. The highest BCUT2D eigenvalue weighted by atomic mass is 16.2. The van der Waals surface area contributed by atoms with Gasteiger partial charge < -0.3 is 9.88 Å². The van der Waals surface area contributed by atoms with Crippen molar-refractivity contribution in [2.45, 2.75) is 51.9 Å². The van der Waals surface area contributed by atoms with Crippen molar-refractivity contribution in [3.8, 4) is 6.07 Å². The second-order valence-corrected chi connectivity index (χ2v) is 7.88. The molecule has 0 bridgehead atoms. The number of hydrogen-bond acceptors (Lipinski definition) is 2. The van der Waals surface area contributed by atoms with Gasteiger partial charge in [0.25, 0.3) is 0 Å². The summed E-state index contributed by atoms with van der Waals surface area (Å²) in [5.41, 5.74) is 4.33. The number of carbonyl (C=O) groups excluding carboxylic acids is 1. The van der Waals surface area contributed by atoms with E-state index >= 15 is 0 Å². The Bertz CT molecular complexity index is 925. The molecule has 1 aromatic carbocycles. The summed E-state index contributed by atoms with van der Waals surface area (Å²) in [4.78, 5) is 18.4. The number of aromatic nitrogens is 1. The maximum absolute atomic E-state index is 13.1. The van der Waals surface area contributed by atoms with Crippen molar-refractivity contribution in [2.24, 2.45) is 5.41 Å². The molecule has 140 valence electrons. The van der Waals surface area contributed by atoms with E-state index < -0.39 is 5.41 Å². The zero-order valence-electron chi connectivity index (χ0n) is 16.1. The third kappa shape index (κ3) is 3.06. The first-order valence-corrected chi connectivity index (χ1v) is 10.2. The lowest BCUT2D eigenvalue weighted by molar-refractivity contribution is -0.140. The third-order valence-corrected chi connectivity index (χ3v) is 6.36. The Morgan fingerprint density at radius 3 is 2.78 bits per heavy atom. The average Bonchev–Trinajstić information content (AvgIpc) is 3.18. The van der Waals surface area contributed by atoms with Gasteiger partial charge in [-0.05, 0) is 36.8 Å². The van der Waals surface area contributed by atoms with Gasteiger partial charge in [0.05, 0.1) is 6.07 Å². The SMILES string of the molecule is CCc1cccc2c(C3=CCN(C(=O)C4(C#N)CCCCC4)CC3)c[nH]c12. The van der Waals surface area contributed by atoms with Crippen LogP contribution in [0, 0.1) is 16.7 Å². The van der Waals surface area contributed by atoms with Crippen molar-refractivity contribution in [3.63, 3.8) is 0 Å². The third-order valence-electron chi connectivity index (χ3n) is 6.36. The van der Waals surface area contributed by atoms with Crippen LogP contribution in [0.2, 0.25) is 0 Å². The molecular weight excluding hydrogens is 334 g/mol. The predicted molar refractivity (Wildman–Crippen MR) is 108 cm³/mol. The molecule has 4 rings (SSSR count). The highest BCUT2D eigenvalue weighted by Crippen LogP contribution is 2.38. The van der Waals surface area contributed by atoms with Crippen LogP contribution in [-0.2, 0) is 11.2 Å². The fourth-order valence-corrected chi connectivity index (χ4v) is 4.71. The largest absolute Gasteiger partial charge is 0.360 e. The fraction of sp³-hybridized carbons (Fsp3) is 0.478. The quantitative estimate of drug-likeness (QED) is 0.852. The molecular formula is C23H27N3O. The first-order chi connectivity index (χ1) is 13.2. The van der Waals surface area contributed by atoms with Crippen LogP contribution in [0.15, 0.2) is 30.5 Å². The van der Waals surface area contributed by atoms with Crippen LogP contribution >= 0.6 is 0 Å². The molecule has 0 radical (unpaired) electrons. The van der Waals surface area contributed by atoms with E-state index in [1.165, 1.54) is 27.6 Å². The van der Waals surface area contributed by atoms with E-state index in [9.17, 15) is 10.1 Å². The summed E-state index contributed by atoms with van der Waals surface area (Å²) in [5.74, 6) is 0.0483. The van der Waals surface area contributed by atoms with Gasteiger partial charge in [0.2, 0.25) is 5.91 Å². The van der Waals surface area contributed by atoms with Crippen LogP contribution in [0.1, 0.15) is 56.6 Å². The lowest BCUT2D eigenvalue weighted by Gasteiger charge is -2.36. The number of nitrogens with one attached hydrogen (secondary N) is 1. The summed E-state index contributed by atoms with van der Waals surface area (Å²) in [5, 5.41) is 11.0. The van der Waals surface area contributed by atoms with Crippen LogP contribution in [0.3, 0.4) is 0 Å². The molecule has 1 fully saturated rings. The second kappa shape index (κ2) is 7.23. The number of amides is 1. The van der Waals surface area contributed by atoms with E-state index in [1.807, 2.05) is 4.90 Å². The Kier molecular flexibility index (Phi) is 4.78. The molecule has 2 aliphatic rings. The molecule has 1 aromatic heterocycles. The summed E-state index contributed by atoms with van der Waals surface area (Å²) in [6.07, 6.45) is 10.7. The second-order valence-electron chi connectivity index (χ2n) is 7.88. The molecule has 4 nitrogen and oxygen atoms in total. The van der Waals surface area contributed by atoms with Gasteiger partial charge in [-0.1, -0.05) is 50.5 Å². The molecule has 1 amide bonds. The van der Waals surface area contributed by atoms with Crippen molar-refractivity contribution in [1.29, 1.82) is 5.26 Å². The Morgan fingerprint density at radius 2 is 2.11 bits per heavy atom. The van der Waals surface area contributed by atoms with Gasteiger partial charge in [-0.15, -0.1) is 0 Å². The summed E-state index contributed by atoms with van der Waals surface area (Å²) in [6.45, 7) is 3.49. The Morgan fingerprint density at radius 1 is 1.30 bits per heavy atom. The number of aromatic amines is 1. The van der Waals surface area contributed by atoms with Gasteiger partial charge in [-0.2, -0.15) is 5.26 Å². The summed E-state index contributed by atoms with van der Waals surface area (Å²) >= 11 is 0. The van der Waals surface area contributed by atoms with Crippen molar-refractivity contribution >= 4 is 22.4 Å². The number of H-pyrrole nitrogens is 1. The summed E-state index contributed by atoms with van der Waals surface area (Å²) in [7, 11) is 0. The monoisotopic (exact) mass is 361 g/mol. The van der Waals surface area contributed by atoms with Crippen LogP contribution in [0.25, 0.3) is 16.5 Å². The molecule has 0 unspecified atom stereocenters. The molecule has 0 atom stereocenters. The molecule has 27 heavy (non-hydrogen) atoms. The minimum Gasteiger partial charge on any atom is -0.360 e. The molecule has 4 heteroatoms. The van der Waals surface area contributed by atoms with E-state index in [-0.39, 0.29) is 5.91 Å². The number of benzene rings is 1. The molecule has 1 N–H and O–H groups in total. The van der Waals surface area contributed by atoms with Gasteiger partial charge in [0, 0.05) is 35.8 Å². The van der Waals surface area contributed by atoms with Crippen LogP contribution < -0.4 is 0 Å². The van der Waals surface area contributed by atoms with Crippen molar-refractivity contribution in [1.82, 2.24) is 9.88 Å². The average molecular weight is 361 g/mol. The molecule has 1 saturated carbocycles. The molecule has 1 aliphatic heterocycles. The van der Waals surface area contributed by atoms with Crippen LogP contribution in [0.5, 0.6) is 0 Å². The minimum atomic E-state index is -0.777. The molecule has 1 aliphatic carbocycles. The van der Waals surface area contributed by atoms with Crippen molar-refractivity contribution in [3.05, 3.63) is 41.6 Å². The van der Waals surface area contributed by atoms with Gasteiger partial charge in [0.15, 0.2) is 0 Å². The van der Waals surface area contributed by atoms with E-state index in [2.05, 4.69) is 48.4 Å². The zero-order valence-corrected chi connectivity index (χ0v) is 16.1. The number of rotatable bonds is 3. The first-order valence-electron chi connectivity index (χ1n) is 10.2. The van der Waals surface area contributed by atoms with Crippen molar-refractivity contribution in [2.75, 3.05) is 13.1 Å². The number of aryl methyl sites for hydroxylation is 1. The first kappa shape index (κ1) is 17.9.